The highest BCUT2D eigenvalue weighted by Crippen LogP contribution is 2.49. The molecule has 25 heavy (non-hydrogen) atoms. The second kappa shape index (κ2) is 8.05. The summed E-state index contributed by atoms with van der Waals surface area (Å²) >= 11 is 0. The Morgan fingerprint density at radius 3 is 2.32 bits per heavy atom. The Morgan fingerprint density at radius 2 is 1.80 bits per heavy atom. The number of carbonyl (C=O) groups excluding carboxylic acids is 1. The van der Waals surface area contributed by atoms with Crippen LogP contribution in [0.4, 0.5) is 0 Å². The fraction of sp³-hybridized carbons (Fsp3) is 0.947. The van der Waals surface area contributed by atoms with E-state index in [-0.39, 0.29) is 13.5 Å². The molecule has 2 spiro atoms. The fourth-order valence-electron chi connectivity index (χ4n) is 5.35. The van der Waals surface area contributed by atoms with E-state index < -0.39 is 10.0 Å². The van der Waals surface area contributed by atoms with Gasteiger partial charge in [0, 0.05) is 25.4 Å². The fourth-order valence-corrected chi connectivity index (χ4v) is 6.15. The predicted octanol–water partition coefficient (Wildman–Crippen LogP) is 3.00. The quantitative estimate of drug-likeness (QED) is 0.781. The standard InChI is InChI=1S/C9H18N2O2S.C9H14O.CH4/c1-14(12,13)11-8-2-3-9(6-8)4-5-10-7-9;10-8-3-6-9(7-8)4-1-2-5-9;/h8,10-11H,2-7H2,1H3;1-7H2;1H4. The van der Waals surface area contributed by atoms with Gasteiger partial charge in [-0.1, -0.05) is 20.3 Å². The summed E-state index contributed by atoms with van der Waals surface area (Å²) < 4.78 is 24.8. The van der Waals surface area contributed by atoms with Crippen LogP contribution in [-0.4, -0.2) is 39.6 Å². The van der Waals surface area contributed by atoms with Crippen molar-refractivity contribution in [3.05, 3.63) is 0 Å². The molecule has 2 N–H and O–H groups in total. The van der Waals surface area contributed by atoms with Crippen molar-refractivity contribution in [2.75, 3.05) is 19.3 Å². The summed E-state index contributed by atoms with van der Waals surface area (Å²) in [6.45, 7) is 2.15. The molecule has 0 aromatic heterocycles. The first kappa shape index (κ1) is 20.8. The molecule has 4 fully saturated rings. The minimum Gasteiger partial charge on any atom is -0.316 e. The van der Waals surface area contributed by atoms with Crippen LogP contribution in [0, 0.1) is 10.8 Å². The van der Waals surface area contributed by atoms with Crippen molar-refractivity contribution in [1.82, 2.24) is 10.0 Å². The zero-order valence-electron chi connectivity index (χ0n) is 14.9. The highest BCUT2D eigenvalue weighted by Gasteiger charge is 2.42. The molecule has 4 aliphatic rings. The molecule has 5 nitrogen and oxygen atoms in total. The number of sulfonamides is 1. The molecule has 1 aliphatic heterocycles. The van der Waals surface area contributed by atoms with Crippen LogP contribution in [0.1, 0.15) is 78.1 Å². The third kappa shape index (κ3) is 5.51. The average Bonchev–Trinajstić information content (AvgIpc) is 3.24. The van der Waals surface area contributed by atoms with E-state index in [1.54, 1.807) is 0 Å². The monoisotopic (exact) mass is 372 g/mol. The molecule has 6 heteroatoms. The lowest BCUT2D eigenvalue weighted by atomic mass is 9.85. The Bertz CT molecular complexity index is 561. The van der Waals surface area contributed by atoms with E-state index in [0.717, 1.165) is 45.2 Å². The van der Waals surface area contributed by atoms with Crippen molar-refractivity contribution >= 4 is 15.8 Å². The van der Waals surface area contributed by atoms with E-state index in [0.29, 0.717) is 16.6 Å². The smallest absolute Gasteiger partial charge is 0.208 e. The van der Waals surface area contributed by atoms with Crippen LogP contribution in [0.5, 0.6) is 0 Å². The van der Waals surface area contributed by atoms with Crippen LogP contribution in [0.2, 0.25) is 0 Å². The van der Waals surface area contributed by atoms with Crippen LogP contribution in [-0.2, 0) is 14.8 Å². The zero-order chi connectivity index (χ0) is 17.3. The minimum atomic E-state index is -3.02. The van der Waals surface area contributed by atoms with Gasteiger partial charge in [-0.2, -0.15) is 0 Å². The van der Waals surface area contributed by atoms with Gasteiger partial charge in [0.2, 0.25) is 10.0 Å². The van der Waals surface area contributed by atoms with Crippen molar-refractivity contribution in [3.8, 4) is 0 Å². The summed E-state index contributed by atoms with van der Waals surface area (Å²) in [5.74, 6) is 0.516. The van der Waals surface area contributed by atoms with Gasteiger partial charge in [0.1, 0.15) is 5.78 Å². The van der Waals surface area contributed by atoms with Gasteiger partial charge < -0.3 is 5.32 Å². The lowest BCUT2D eigenvalue weighted by Gasteiger charge is -2.21. The van der Waals surface area contributed by atoms with Gasteiger partial charge in [0.05, 0.1) is 6.26 Å². The van der Waals surface area contributed by atoms with Crippen molar-refractivity contribution in [2.24, 2.45) is 10.8 Å². The number of carbonyl (C=O) groups is 1. The maximum absolute atomic E-state index is 11.1. The van der Waals surface area contributed by atoms with Crippen LogP contribution < -0.4 is 10.0 Å². The summed E-state index contributed by atoms with van der Waals surface area (Å²) in [5.41, 5.74) is 0.902. The first-order valence-electron chi connectivity index (χ1n) is 9.50. The molecular formula is C19H36N2O3S. The van der Waals surface area contributed by atoms with Crippen LogP contribution in [0.15, 0.2) is 0 Å². The molecule has 0 amide bonds. The van der Waals surface area contributed by atoms with Crippen molar-refractivity contribution in [3.63, 3.8) is 0 Å². The summed E-state index contributed by atoms with van der Waals surface area (Å²) in [4.78, 5) is 11.0. The lowest BCUT2D eigenvalue weighted by Crippen LogP contribution is -2.33. The summed E-state index contributed by atoms with van der Waals surface area (Å²) in [5, 5.41) is 3.36. The van der Waals surface area contributed by atoms with E-state index >= 15 is 0 Å². The minimum absolute atomic E-state index is 0. The topological polar surface area (TPSA) is 75.3 Å². The highest BCUT2D eigenvalue weighted by molar-refractivity contribution is 7.88. The Hall–Kier alpha value is -0.460. The van der Waals surface area contributed by atoms with E-state index in [2.05, 4.69) is 10.0 Å². The van der Waals surface area contributed by atoms with E-state index in [9.17, 15) is 13.2 Å². The second-order valence-corrected chi connectivity index (χ2v) is 10.5. The van der Waals surface area contributed by atoms with Crippen LogP contribution in [0.3, 0.4) is 0 Å². The lowest BCUT2D eigenvalue weighted by molar-refractivity contribution is -0.118. The maximum atomic E-state index is 11.1. The number of nitrogens with one attached hydrogen (secondary N) is 2. The number of hydrogen-bond donors (Lipinski definition) is 2. The van der Waals surface area contributed by atoms with E-state index in [4.69, 9.17) is 0 Å². The largest absolute Gasteiger partial charge is 0.316 e. The van der Waals surface area contributed by atoms with E-state index in [1.807, 2.05) is 0 Å². The average molecular weight is 373 g/mol. The summed E-state index contributed by atoms with van der Waals surface area (Å²) in [6.07, 6.45) is 14.0. The molecule has 3 aliphatic carbocycles. The molecule has 0 radical (unpaired) electrons. The third-order valence-electron chi connectivity index (χ3n) is 6.59. The Morgan fingerprint density at radius 1 is 1.08 bits per heavy atom. The first-order chi connectivity index (χ1) is 11.3. The molecular weight excluding hydrogens is 336 g/mol. The Balaban J connectivity index is 0.000000182. The van der Waals surface area contributed by atoms with Gasteiger partial charge in [-0.3, -0.25) is 4.79 Å². The summed E-state index contributed by atoms with van der Waals surface area (Å²) in [7, 11) is -3.02. The van der Waals surface area contributed by atoms with Gasteiger partial charge in [-0.15, -0.1) is 0 Å². The molecule has 146 valence electrons. The predicted molar refractivity (Wildman–Crippen MR) is 102 cm³/mol. The van der Waals surface area contributed by atoms with Crippen molar-refractivity contribution in [1.29, 1.82) is 0 Å². The van der Waals surface area contributed by atoms with Gasteiger partial charge in [0.25, 0.3) is 0 Å². The summed E-state index contributed by atoms with van der Waals surface area (Å²) in [6, 6.07) is 0.171. The molecule has 3 saturated carbocycles. The molecule has 0 bridgehead atoms. The van der Waals surface area contributed by atoms with Crippen molar-refractivity contribution < 1.29 is 13.2 Å². The normalized spacial score (nSPS) is 33.5. The Kier molecular flexibility index (Phi) is 6.71. The van der Waals surface area contributed by atoms with Gasteiger partial charge in [-0.25, -0.2) is 13.1 Å². The third-order valence-corrected chi connectivity index (χ3v) is 7.35. The maximum Gasteiger partial charge on any atom is 0.208 e. The molecule has 1 heterocycles. The SMILES string of the molecule is C.CS(=O)(=O)NC1CCC2(CCNC2)C1.O=C1CCC2(CCCC2)C1. The van der Waals surface area contributed by atoms with Crippen LogP contribution in [0.25, 0.3) is 0 Å². The van der Waals surface area contributed by atoms with Gasteiger partial charge >= 0.3 is 0 Å². The number of rotatable bonds is 2. The number of Topliss-reactive ketones (excluding diaryl/α,β-unsaturated/α-hetero) is 1. The first-order valence-corrected chi connectivity index (χ1v) is 11.4. The van der Waals surface area contributed by atoms with E-state index in [1.165, 1.54) is 44.8 Å². The van der Waals surface area contributed by atoms with Crippen LogP contribution >= 0.6 is 0 Å². The molecule has 2 atom stereocenters. The van der Waals surface area contributed by atoms with Gasteiger partial charge in [-0.05, 0) is 62.3 Å². The molecule has 1 saturated heterocycles. The second-order valence-electron chi connectivity index (χ2n) is 8.68. The highest BCUT2D eigenvalue weighted by atomic mass is 32.2. The molecule has 2 unspecified atom stereocenters. The Labute approximate surface area is 153 Å². The molecule has 0 aromatic carbocycles. The number of hydrogen-bond acceptors (Lipinski definition) is 4. The van der Waals surface area contributed by atoms with Gasteiger partial charge in [0.15, 0.2) is 0 Å². The molecule has 0 aromatic rings. The zero-order valence-corrected chi connectivity index (χ0v) is 15.7. The number of ketones is 1. The molecule has 4 rings (SSSR count). The van der Waals surface area contributed by atoms with Crippen molar-refractivity contribution in [2.45, 2.75) is 84.1 Å².